The first-order chi connectivity index (χ1) is 24.7. The van der Waals surface area contributed by atoms with Crippen molar-refractivity contribution in [3.05, 3.63) is 119 Å². The number of benzene rings is 4. The van der Waals surface area contributed by atoms with Crippen molar-refractivity contribution in [1.82, 2.24) is 4.57 Å². The molecule has 0 bridgehead atoms. The molecule has 7 rings (SSSR count). The van der Waals surface area contributed by atoms with Crippen LogP contribution in [0.15, 0.2) is 91.0 Å². The van der Waals surface area contributed by atoms with Gasteiger partial charge in [0.2, 0.25) is 0 Å². The second-order valence-electron chi connectivity index (χ2n) is 16.9. The molecule has 0 aliphatic heterocycles. The maximum absolute atomic E-state index is 6.11. The second kappa shape index (κ2) is 15.3. The molecule has 3 unspecified atom stereocenters. The zero-order valence-electron chi connectivity index (χ0n) is 32.4. The van der Waals surface area contributed by atoms with Crippen LogP contribution >= 0.6 is 0 Å². The van der Waals surface area contributed by atoms with E-state index in [9.17, 15) is 0 Å². The van der Waals surface area contributed by atoms with Crippen molar-refractivity contribution in [3.63, 3.8) is 0 Å². The fourth-order valence-electron chi connectivity index (χ4n) is 9.87. The number of fused-ring (bicyclic) bond motifs is 8. The molecular weight excluding hydrogens is 635 g/mol. The van der Waals surface area contributed by atoms with Crippen molar-refractivity contribution in [3.8, 4) is 22.4 Å². The third kappa shape index (κ3) is 7.06. The highest BCUT2D eigenvalue weighted by atomic mass is 28.3. The van der Waals surface area contributed by atoms with Gasteiger partial charge in [-0.2, -0.15) is 0 Å². The maximum atomic E-state index is 6.11. The lowest BCUT2D eigenvalue weighted by molar-refractivity contribution is -0.00471. The van der Waals surface area contributed by atoms with Crippen LogP contribution in [0.3, 0.4) is 0 Å². The molecule has 2 nitrogen and oxygen atoms in total. The van der Waals surface area contributed by atoms with Crippen LogP contribution in [0, 0.1) is 0 Å². The standard InChI is InChI=1S/C48H61NOSi/c1-7-8-9-10-11-14-23-35-30-31-37-36-24-15-17-26-39(36)46(42(37)34-35)51(6,33-22-13-12-21-32-50-48(2,3)4)47-40-27-18-16-25-38(40)45-44(47)41-28-19-20-29-43(41)49(45)5/h15-20,24-31,34,46-47H,7-14,21-23,32-33H2,1-6H3. The summed E-state index contributed by atoms with van der Waals surface area (Å²) in [4.78, 5) is 0. The average molecular weight is 696 g/mol. The largest absolute Gasteiger partial charge is 0.376 e. The Hall–Kier alpha value is -3.40. The van der Waals surface area contributed by atoms with Gasteiger partial charge in [0.25, 0.3) is 0 Å². The Morgan fingerprint density at radius 1 is 0.647 bits per heavy atom. The molecule has 0 saturated carbocycles. The van der Waals surface area contributed by atoms with E-state index in [4.69, 9.17) is 4.74 Å². The molecule has 1 aromatic heterocycles. The number of aryl methyl sites for hydroxylation is 2. The van der Waals surface area contributed by atoms with Crippen LogP contribution in [0.4, 0.5) is 0 Å². The number of para-hydroxylation sites is 1. The van der Waals surface area contributed by atoms with E-state index in [2.05, 4.69) is 137 Å². The quantitative estimate of drug-likeness (QED) is 0.0740. The Morgan fingerprint density at radius 3 is 2.06 bits per heavy atom. The zero-order chi connectivity index (χ0) is 35.6. The van der Waals surface area contributed by atoms with Crippen molar-refractivity contribution in [1.29, 1.82) is 0 Å². The minimum Gasteiger partial charge on any atom is -0.376 e. The minimum absolute atomic E-state index is 0.0608. The number of ether oxygens (including phenoxy) is 1. The fourth-order valence-corrected chi connectivity index (χ4v) is 15.6. The Labute approximate surface area is 309 Å². The van der Waals surface area contributed by atoms with Crippen molar-refractivity contribution in [2.24, 2.45) is 7.05 Å². The lowest BCUT2D eigenvalue weighted by atomic mass is 9.99. The lowest BCUT2D eigenvalue weighted by Crippen LogP contribution is -2.45. The first-order valence-corrected chi connectivity index (χ1v) is 23.1. The van der Waals surface area contributed by atoms with Gasteiger partial charge in [-0.3, -0.25) is 0 Å². The minimum atomic E-state index is -2.21. The topological polar surface area (TPSA) is 14.2 Å². The molecule has 0 radical (unpaired) electrons. The van der Waals surface area contributed by atoms with Gasteiger partial charge in [-0.1, -0.05) is 156 Å². The normalized spacial score (nSPS) is 17.3. The van der Waals surface area contributed by atoms with E-state index in [1.54, 1.807) is 22.3 Å². The van der Waals surface area contributed by atoms with Gasteiger partial charge in [-0.05, 0) is 85.0 Å². The molecule has 0 amide bonds. The van der Waals surface area contributed by atoms with Gasteiger partial charge in [0.1, 0.15) is 0 Å². The van der Waals surface area contributed by atoms with Gasteiger partial charge < -0.3 is 9.30 Å². The smallest absolute Gasteiger partial charge is 0.0762 e. The van der Waals surface area contributed by atoms with Gasteiger partial charge in [-0.15, -0.1) is 0 Å². The molecule has 3 heteroatoms. The summed E-state index contributed by atoms with van der Waals surface area (Å²) in [7, 11) is 0.0880. The number of hydrogen-bond acceptors (Lipinski definition) is 1. The van der Waals surface area contributed by atoms with E-state index in [0.29, 0.717) is 11.1 Å². The monoisotopic (exact) mass is 695 g/mol. The van der Waals surface area contributed by atoms with Gasteiger partial charge in [0, 0.05) is 41.2 Å². The summed E-state index contributed by atoms with van der Waals surface area (Å²) in [6.45, 7) is 12.5. The summed E-state index contributed by atoms with van der Waals surface area (Å²) in [5.74, 6) is 0. The zero-order valence-corrected chi connectivity index (χ0v) is 33.4. The molecule has 0 saturated heterocycles. The van der Waals surface area contributed by atoms with Crippen molar-refractivity contribution >= 4 is 19.0 Å². The van der Waals surface area contributed by atoms with Crippen LogP contribution in [0.2, 0.25) is 12.6 Å². The highest BCUT2D eigenvalue weighted by Gasteiger charge is 2.53. The predicted molar refractivity (Wildman–Crippen MR) is 222 cm³/mol. The maximum Gasteiger partial charge on any atom is 0.0762 e. The van der Waals surface area contributed by atoms with Crippen LogP contribution in [-0.4, -0.2) is 24.8 Å². The molecule has 4 aromatic carbocycles. The van der Waals surface area contributed by atoms with Crippen LogP contribution in [0.1, 0.15) is 131 Å². The van der Waals surface area contributed by atoms with Crippen LogP contribution in [0.25, 0.3) is 33.3 Å². The van der Waals surface area contributed by atoms with Crippen LogP contribution in [0.5, 0.6) is 0 Å². The van der Waals surface area contributed by atoms with Gasteiger partial charge in [-0.25, -0.2) is 0 Å². The number of hydrogen-bond donors (Lipinski definition) is 0. The number of rotatable bonds is 16. The first kappa shape index (κ1) is 36.0. The highest BCUT2D eigenvalue weighted by Crippen LogP contribution is 2.60. The van der Waals surface area contributed by atoms with Gasteiger partial charge in [0.15, 0.2) is 0 Å². The molecule has 268 valence electrons. The van der Waals surface area contributed by atoms with E-state index >= 15 is 0 Å². The Morgan fingerprint density at radius 2 is 1.27 bits per heavy atom. The highest BCUT2D eigenvalue weighted by molar-refractivity contribution is 6.83. The Kier molecular flexibility index (Phi) is 10.8. The molecule has 1 heterocycles. The third-order valence-electron chi connectivity index (χ3n) is 12.2. The molecule has 0 fully saturated rings. The first-order valence-electron chi connectivity index (χ1n) is 20.3. The molecular formula is C48H61NOSi. The lowest BCUT2D eigenvalue weighted by Gasteiger charge is -2.41. The van der Waals surface area contributed by atoms with Crippen molar-refractivity contribution in [2.45, 2.75) is 128 Å². The van der Waals surface area contributed by atoms with E-state index in [0.717, 1.165) is 13.0 Å². The second-order valence-corrected chi connectivity index (χ2v) is 21.6. The summed E-state index contributed by atoms with van der Waals surface area (Å²) >= 11 is 0. The summed E-state index contributed by atoms with van der Waals surface area (Å²) in [5.41, 5.74) is 16.0. The summed E-state index contributed by atoms with van der Waals surface area (Å²) in [6.07, 6.45) is 14.2. The van der Waals surface area contributed by atoms with E-state index in [-0.39, 0.29) is 5.60 Å². The van der Waals surface area contributed by atoms with E-state index in [1.165, 1.54) is 109 Å². The molecule has 2 aliphatic carbocycles. The SMILES string of the molecule is CCCCCCCCc1ccc2c(c1)C([Si](C)(CCCCCCOC(C)(C)C)C1c3ccccc3-c3c1c1ccccc1n3C)c1ccccc1-2. The molecule has 3 atom stereocenters. The molecule has 0 N–H and O–H groups in total. The van der Waals surface area contributed by atoms with E-state index < -0.39 is 8.07 Å². The van der Waals surface area contributed by atoms with Crippen LogP contribution in [-0.2, 0) is 18.2 Å². The van der Waals surface area contributed by atoms with Crippen molar-refractivity contribution < 1.29 is 4.74 Å². The molecule has 5 aromatic rings. The number of nitrogens with zero attached hydrogens (tertiary/aromatic N) is 1. The fraction of sp³-hybridized carbons (Fsp3) is 0.458. The number of unbranched alkanes of at least 4 members (excludes halogenated alkanes) is 8. The summed E-state index contributed by atoms with van der Waals surface area (Å²) in [6, 6.07) is 37.1. The van der Waals surface area contributed by atoms with E-state index in [1.807, 2.05) is 0 Å². The summed E-state index contributed by atoms with van der Waals surface area (Å²) in [5, 5.41) is 1.46. The third-order valence-corrected chi connectivity index (χ3v) is 17.5. The van der Waals surface area contributed by atoms with Crippen LogP contribution < -0.4 is 0 Å². The molecule has 0 spiro atoms. The summed E-state index contributed by atoms with van der Waals surface area (Å²) < 4.78 is 8.61. The Balaban J connectivity index is 1.30. The number of aromatic nitrogens is 1. The molecule has 51 heavy (non-hydrogen) atoms. The molecule has 2 aliphatic rings. The van der Waals surface area contributed by atoms with Crippen molar-refractivity contribution in [2.75, 3.05) is 6.61 Å². The van der Waals surface area contributed by atoms with Gasteiger partial charge >= 0.3 is 0 Å². The predicted octanol–water partition coefficient (Wildman–Crippen LogP) is 13.5. The van der Waals surface area contributed by atoms with Gasteiger partial charge in [0.05, 0.1) is 19.4 Å². The Bertz CT molecular complexity index is 1960. The average Bonchev–Trinajstić information content (AvgIpc) is 3.75.